The van der Waals surface area contributed by atoms with Crippen LogP contribution in [0.4, 0.5) is 9.93 Å². The average molecular weight is 434 g/mol. The van der Waals surface area contributed by atoms with Crippen LogP contribution in [0.1, 0.15) is 29.0 Å². The molecule has 3 atom stereocenters. The van der Waals surface area contributed by atoms with E-state index in [2.05, 4.69) is 15.6 Å². The van der Waals surface area contributed by atoms with Crippen LogP contribution in [0.3, 0.4) is 0 Å². The third-order valence-electron chi connectivity index (χ3n) is 4.38. The van der Waals surface area contributed by atoms with Crippen LogP contribution in [0.2, 0.25) is 0 Å². The second-order valence-corrected chi connectivity index (χ2v) is 7.24. The summed E-state index contributed by atoms with van der Waals surface area (Å²) in [7, 11) is 1.49. The first-order valence-electron chi connectivity index (χ1n) is 8.68. The van der Waals surface area contributed by atoms with Gasteiger partial charge in [0.2, 0.25) is 0 Å². The number of nitrogens with zero attached hydrogens (tertiary/aromatic N) is 2. The number of hydrogen-bond acceptors (Lipinski definition) is 8. The quantitative estimate of drug-likeness (QED) is 0.467. The standard InChI is InChI=1S/C18H18N4O7S/c1-8(23)13(14(24)21-17-19-11(7-30-17)16(26)27)22-15(25)12(20-18(22)28)9-3-5-10(29-2)6-4-9/h3-8,12-13,23H,1-2H3,(H,20,28)(H,26,27)(H,19,21,24)/t8-,12-,13+/m1/s1. The molecule has 158 valence electrons. The van der Waals surface area contributed by atoms with Gasteiger partial charge >= 0.3 is 12.0 Å². The fraction of sp³-hybridized carbons (Fsp3) is 0.278. The number of hydrogen-bond donors (Lipinski definition) is 4. The number of aromatic carboxylic acids is 1. The van der Waals surface area contributed by atoms with Gasteiger partial charge in [0.25, 0.3) is 11.8 Å². The molecular weight excluding hydrogens is 416 g/mol. The Hall–Kier alpha value is -3.51. The first-order chi connectivity index (χ1) is 14.2. The van der Waals surface area contributed by atoms with Crippen molar-refractivity contribution in [3.8, 4) is 5.75 Å². The monoisotopic (exact) mass is 434 g/mol. The van der Waals surface area contributed by atoms with E-state index < -0.39 is 42.0 Å². The summed E-state index contributed by atoms with van der Waals surface area (Å²) in [6.07, 6.45) is -1.40. The number of urea groups is 1. The van der Waals surface area contributed by atoms with Crippen LogP contribution in [0.5, 0.6) is 5.75 Å². The molecule has 12 heteroatoms. The molecule has 0 saturated carbocycles. The molecule has 1 saturated heterocycles. The Morgan fingerprint density at radius 1 is 1.30 bits per heavy atom. The van der Waals surface area contributed by atoms with Gasteiger partial charge in [-0.05, 0) is 24.6 Å². The third-order valence-corrected chi connectivity index (χ3v) is 5.14. The van der Waals surface area contributed by atoms with Gasteiger partial charge in [0.15, 0.2) is 10.8 Å². The van der Waals surface area contributed by atoms with Crippen LogP contribution in [-0.4, -0.2) is 63.2 Å². The fourth-order valence-corrected chi connectivity index (χ4v) is 3.63. The molecule has 30 heavy (non-hydrogen) atoms. The molecule has 4 amide bonds. The number of thiazole rings is 1. The van der Waals surface area contributed by atoms with Gasteiger partial charge in [-0.15, -0.1) is 11.3 Å². The lowest BCUT2D eigenvalue weighted by atomic mass is 10.1. The van der Waals surface area contributed by atoms with Crippen molar-refractivity contribution < 1.29 is 34.1 Å². The van der Waals surface area contributed by atoms with Crippen molar-refractivity contribution in [3.63, 3.8) is 0 Å². The molecule has 11 nitrogen and oxygen atoms in total. The van der Waals surface area contributed by atoms with Crippen molar-refractivity contribution in [3.05, 3.63) is 40.9 Å². The number of aromatic nitrogens is 1. The molecule has 0 spiro atoms. The number of carbonyl (C=O) groups excluding carboxylic acids is 3. The number of ether oxygens (including phenoxy) is 1. The minimum absolute atomic E-state index is 0.0400. The predicted molar refractivity (Wildman–Crippen MR) is 104 cm³/mol. The summed E-state index contributed by atoms with van der Waals surface area (Å²) in [4.78, 5) is 53.4. The lowest BCUT2D eigenvalue weighted by molar-refractivity contribution is -0.137. The van der Waals surface area contributed by atoms with E-state index in [1.165, 1.54) is 19.4 Å². The number of carboxylic acids is 1. The van der Waals surface area contributed by atoms with E-state index in [1.54, 1.807) is 24.3 Å². The molecule has 1 aromatic carbocycles. The summed E-state index contributed by atoms with van der Waals surface area (Å²) in [6.45, 7) is 1.26. The van der Waals surface area contributed by atoms with E-state index >= 15 is 0 Å². The number of carbonyl (C=O) groups is 4. The molecular formula is C18H18N4O7S. The van der Waals surface area contributed by atoms with Crippen molar-refractivity contribution in [2.75, 3.05) is 12.4 Å². The SMILES string of the molecule is COc1ccc([C@H]2NC(=O)N([C@H](C(=O)Nc3nc(C(=O)O)cs3)[C@@H](C)O)C2=O)cc1. The molecule has 3 rings (SSSR count). The van der Waals surface area contributed by atoms with E-state index in [4.69, 9.17) is 9.84 Å². The van der Waals surface area contributed by atoms with E-state index in [1.807, 2.05) is 0 Å². The summed E-state index contributed by atoms with van der Waals surface area (Å²) >= 11 is 0.859. The summed E-state index contributed by atoms with van der Waals surface area (Å²) in [5.41, 5.74) is 0.214. The highest BCUT2D eigenvalue weighted by atomic mass is 32.1. The van der Waals surface area contributed by atoms with Crippen LogP contribution < -0.4 is 15.4 Å². The maximum atomic E-state index is 12.9. The van der Waals surface area contributed by atoms with Gasteiger partial charge < -0.3 is 25.6 Å². The topological polar surface area (TPSA) is 158 Å². The molecule has 2 heterocycles. The lowest BCUT2D eigenvalue weighted by Crippen LogP contribution is -2.53. The molecule has 2 aromatic rings. The Kier molecular flexibility index (Phi) is 5.99. The second-order valence-electron chi connectivity index (χ2n) is 6.38. The molecule has 0 unspecified atom stereocenters. The molecule has 0 bridgehead atoms. The van der Waals surface area contributed by atoms with Crippen LogP contribution in [0, 0.1) is 0 Å². The number of aliphatic hydroxyl groups excluding tert-OH is 1. The number of carboxylic acid groups (broad SMARTS) is 1. The third kappa shape index (κ3) is 4.09. The number of aliphatic hydroxyl groups is 1. The van der Waals surface area contributed by atoms with Gasteiger partial charge in [0.1, 0.15) is 17.8 Å². The maximum Gasteiger partial charge on any atom is 0.355 e. The summed E-state index contributed by atoms with van der Waals surface area (Å²) in [5, 5.41) is 25.1. The molecule has 1 aromatic heterocycles. The zero-order chi connectivity index (χ0) is 22.0. The van der Waals surface area contributed by atoms with Crippen molar-refractivity contribution >= 4 is 40.3 Å². The fourth-order valence-electron chi connectivity index (χ4n) is 2.94. The number of rotatable bonds is 7. The zero-order valence-electron chi connectivity index (χ0n) is 15.9. The average Bonchev–Trinajstić information content (AvgIpc) is 3.28. The number of imide groups is 1. The zero-order valence-corrected chi connectivity index (χ0v) is 16.7. The van der Waals surface area contributed by atoms with Gasteiger partial charge in [-0.25, -0.2) is 19.5 Å². The van der Waals surface area contributed by atoms with Gasteiger partial charge in [-0.3, -0.25) is 9.59 Å². The van der Waals surface area contributed by atoms with E-state index in [0.717, 1.165) is 11.3 Å². The minimum atomic E-state index is -1.54. The number of nitrogens with one attached hydrogen (secondary N) is 2. The van der Waals surface area contributed by atoms with Crippen LogP contribution in [0.15, 0.2) is 29.6 Å². The van der Waals surface area contributed by atoms with Gasteiger partial charge in [0.05, 0.1) is 13.2 Å². The van der Waals surface area contributed by atoms with Gasteiger partial charge in [-0.2, -0.15) is 0 Å². The smallest absolute Gasteiger partial charge is 0.355 e. The Morgan fingerprint density at radius 2 is 1.97 bits per heavy atom. The Balaban J connectivity index is 1.81. The predicted octanol–water partition coefficient (Wildman–Crippen LogP) is 0.831. The number of methoxy groups -OCH3 is 1. The van der Waals surface area contributed by atoms with Crippen molar-refractivity contribution in [2.45, 2.75) is 25.1 Å². The molecule has 4 N–H and O–H groups in total. The lowest BCUT2D eigenvalue weighted by Gasteiger charge is -2.26. The largest absolute Gasteiger partial charge is 0.497 e. The first-order valence-corrected chi connectivity index (χ1v) is 9.56. The Labute approximate surface area is 174 Å². The Bertz CT molecular complexity index is 989. The molecule has 1 aliphatic heterocycles. The summed E-state index contributed by atoms with van der Waals surface area (Å²) < 4.78 is 5.06. The highest BCUT2D eigenvalue weighted by Gasteiger charge is 2.47. The van der Waals surface area contributed by atoms with Crippen LogP contribution in [-0.2, 0) is 9.59 Å². The number of amides is 4. The van der Waals surface area contributed by atoms with Crippen molar-refractivity contribution in [2.24, 2.45) is 0 Å². The van der Waals surface area contributed by atoms with Gasteiger partial charge in [-0.1, -0.05) is 12.1 Å². The van der Waals surface area contributed by atoms with Gasteiger partial charge in [0, 0.05) is 5.38 Å². The first kappa shape index (κ1) is 21.2. The molecule has 0 aliphatic carbocycles. The summed E-state index contributed by atoms with van der Waals surface area (Å²) in [5.74, 6) is -2.29. The highest BCUT2D eigenvalue weighted by molar-refractivity contribution is 7.14. The van der Waals surface area contributed by atoms with Crippen molar-refractivity contribution in [1.82, 2.24) is 15.2 Å². The van der Waals surface area contributed by atoms with E-state index in [0.29, 0.717) is 16.2 Å². The highest BCUT2D eigenvalue weighted by Crippen LogP contribution is 2.27. The normalized spacial score (nSPS) is 18.0. The number of anilines is 1. The maximum absolute atomic E-state index is 12.9. The molecule has 0 radical (unpaired) electrons. The summed E-state index contributed by atoms with van der Waals surface area (Å²) in [6, 6.07) is 3.04. The molecule has 1 fully saturated rings. The second kappa shape index (κ2) is 8.47. The Morgan fingerprint density at radius 3 is 2.50 bits per heavy atom. The number of benzene rings is 1. The van der Waals surface area contributed by atoms with Crippen LogP contribution in [0.25, 0.3) is 0 Å². The van der Waals surface area contributed by atoms with Crippen molar-refractivity contribution in [1.29, 1.82) is 0 Å². The van der Waals surface area contributed by atoms with Crippen LogP contribution >= 0.6 is 11.3 Å². The molecule has 1 aliphatic rings. The van der Waals surface area contributed by atoms with E-state index in [-0.39, 0.29) is 10.8 Å². The minimum Gasteiger partial charge on any atom is -0.497 e. The van der Waals surface area contributed by atoms with E-state index in [9.17, 15) is 24.3 Å².